The first-order valence-electron chi connectivity index (χ1n) is 3.69. The van der Waals surface area contributed by atoms with E-state index in [2.05, 4.69) is 11.9 Å². The minimum atomic E-state index is -4.36. The molecule has 0 radical (unpaired) electrons. The fourth-order valence-electron chi connectivity index (χ4n) is 0.918. The van der Waals surface area contributed by atoms with E-state index in [1.165, 1.54) is 12.3 Å². The molecule has 0 saturated heterocycles. The van der Waals surface area contributed by atoms with E-state index in [0.717, 1.165) is 12.1 Å². The Morgan fingerprint density at radius 3 is 2.43 bits per heavy atom. The lowest BCUT2D eigenvalue weighted by Gasteiger charge is -2.09. The summed E-state index contributed by atoms with van der Waals surface area (Å²) in [4.78, 5) is 0. The van der Waals surface area contributed by atoms with Crippen molar-refractivity contribution in [1.29, 1.82) is 0 Å². The highest BCUT2D eigenvalue weighted by molar-refractivity contribution is 6.33. The second kappa shape index (κ2) is 3.92. The molecule has 14 heavy (non-hydrogen) atoms. The molecule has 0 aliphatic heterocycles. The Balaban J connectivity index is 3.06. The summed E-state index contributed by atoms with van der Waals surface area (Å²) in [5.74, 6) is 0. The molecule has 0 spiro atoms. The van der Waals surface area contributed by atoms with Gasteiger partial charge in [-0.25, -0.2) is 0 Å². The fraction of sp³-hybridized carbons (Fsp3) is 0.111. The van der Waals surface area contributed by atoms with Crippen molar-refractivity contribution in [3.8, 4) is 0 Å². The van der Waals surface area contributed by atoms with Crippen LogP contribution in [0.25, 0.3) is 0 Å². The molecule has 1 aromatic carbocycles. The van der Waals surface area contributed by atoms with Gasteiger partial charge in [0.25, 0.3) is 0 Å². The number of hydrogen-bond donors (Lipinski definition) is 1. The zero-order valence-electron chi connectivity index (χ0n) is 7.03. The van der Waals surface area contributed by atoms with Gasteiger partial charge in [0.05, 0.1) is 16.3 Å². The van der Waals surface area contributed by atoms with Crippen molar-refractivity contribution in [2.75, 3.05) is 5.32 Å². The van der Waals surface area contributed by atoms with Crippen molar-refractivity contribution < 1.29 is 13.2 Å². The summed E-state index contributed by atoms with van der Waals surface area (Å²) in [5, 5.41) is 2.63. The summed E-state index contributed by atoms with van der Waals surface area (Å²) < 4.78 is 36.6. The zero-order chi connectivity index (χ0) is 10.8. The number of alkyl halides is 3. The molecule has 1 rings (SSSR count). The van der Waals surface area contributed by atoms with E-state index < -0.39 is 11.7 Å². The second-order valence-corrected chi connectivity index (χ2v) is 2.95. The molecule has 0 aliphatic rings. The average molecular weight is 222 g/mol. The maximum atomic E-state index is 12.2. The normalized spacial score (nSPS) is 11.1. The van der Waals surface area contributed by atoms with Gasteiger partial charge in [0.1, 0.15) is 0 Å². The van der Waals surface area contributed by atoms with E-state index in [0.29, 0.717) is 5.69 Å². The Bertz CT molecular complexity index is 346. The van der Waals surface area contributed by atoms with Gasteiger partial charge in [0.15, 0.2) is 0 Å². The van der Waals surface area contributed by atoms with Crippen molar-refractivity contribution >= 4 is 17.3 Å². The van der Waals surface area contributed by atoms with Gasteiger partial charge in [0.2, 0.25) is 0 Å². The molecule has 0 aromatic heterocycles. The standard InChI is InChI=1S/C9H7ClF3N/c1-2-14-8-4-3-6(5-7(8)10)9(11,12)13/h2-5,14H,1H2. The molecule has 1 nitrogen and oxygen atoms in total. The van der Waals surface area contributed by atoms with Crippen LogP contribution in [0.15, 0.2) is 31.0 Å². The topological polar surface area (TPSA) is 12.0 Å². The third kappa shape index (κ3) is 2.42. The van der Waals surface area contributed by atoms with E-state index in [9.17, 15) is 13.2 Å². The van der Waals surface area contributed by atoms with E-state index in [-0.39, 0.29) is 5.02 Å². The molecular weight excluding hydrogens is 215 g/mol. The molecule has 0 unspecified atom stereocenters. The lowest BCUT2D eigenvalue weighted by atomic mass is 10.2. The predicted octanol–water partition coefficient (Wildman–Crippen LogP) is 3.91. The number of rotatable bonds is 2. The first kappa shape index (κ1) is 10.9. The van der Waals surface area contributed by atoms with E-state index in [4.69, 9.17) is 11.6 Å². The summed E-state index contributed by atoms with van der Waals surface area (Å²) in [6, 6.07) is 3.08. The smallest absolute Gasteiger partial charge is 0.361 e. The predicted molar refractivity (Wildman–Crippen MR) is 50.3 cm³/mol. The van der Waals surface area contributed by atoms with Gasteiger partial charge in [-0.1, -0.05) is 18.2 Å². The van der Waals surface area contributed by atoms with Crippen LogP contribution in [-0.4, -0.2) is 0 Å². The Morgan fingerprint density at radius 1 is 1.36 bits per heavy atom. The highest BCUT2D eigenvalue weighted by Crippen LogP contribution is 2.33. The third-order valence-electron chi connectivity index (χ3n) is 1.55. The van der Waals surface area contributed by atoms with Crippen LogP contribution in [-0.2, 0) is 6.18 Å². The molecule has 0 aliphatic carbocycles. The van der Waals surface area contributed by atoms with Crippen molar-refractivity contribution in [2.24, 2.45) is 0 Å². The van der Waals surface area contributed by atoms with Gasteiger partial charge in [-0.15, -0.1) is 0 Å². The number of nitrogens with one attached hydrogen (secondary N) is 1. The van der Waals surface area contributed by atoms with Crippen LogP contribution in [0.3, 0.4) is 0 Å². The van der Waals surface area contributed by atoms with Crippen molar-refractivity contribution in [2.45, 2.75) is 6.18 Å². The highest BCUT2D eigenvalue weighted by atomic mass is 35.5. The molecule has 0 heterocycles. The van der Waals surface area contributed by atoms with Gasteiger partial charge >= 0.3 is 6.18 Å². The largest absolute Gasteiger partial charge is 0.416 e. The molecule has 0 bridgehead atoms. The molecule has 0 amide bonds. The SMILES string of the molecule is C=CNc1ccc(C(F)(F)F)cc1Cl. The lowest BCUT2D eigenvalue weighted by Crippen LogP contribution is -2.04. The first-order valence-corrected chi connectivity index (χ1v) is 4.07. The monoisotopic (exact) mass is 221 g/mol. The average Bonchev–Trinajstić information content (AvgIpc) is 2.07. The quantitative estimate of drug-likeness (QED) is 0.798. The summed E-state index contributed by atoms with van der Waals surface area (Å²) >= 11 is 5.60. The fourth-order valence-corrected chi connectivity index (χ4v) is 1.15. The Morgan fingerprint density at radius 2 is 2.00 bits per heavy atom. The Labute approximate surface area is 84.2 Å². The van der Waals surface area contributed by atoms with Crippen LogP contribution in [0, 0.1) is 0 Å². The number of benzene rings is 1. The summed E-state index contributed by atoms with van der Waals surface area (Å²) in [5.41, 5.74) is -0.369. The van der Waals surface area contributed by atoms with Crippen LogP contribution in [0.4, 0.5) is 18.9 Å². The maximum absolute atomic E-state index is 12.2. The number of hydrogen-bond acceptors (Lipinski definition) is 1. The van der Waals surface area contributed by atoms with Gasteiger partial charge in [-0.2, -0.15) is 13.2 Å². The van der Waals surface area contributed by atoms with Crippen LogP contribution < -0.4 is 5.32 Å². The summed E-state index contributed by atoms with van der Waals surface area (Å²) in [7, 11) is 0. The van der Waals surface area contributed by atoms with Crippen LogP contribution in [0.5, 0.6) is 0 Å². The van der Waals surface area contributed by atoms with Gasteiger partial charge in [-0.3, -0.25) is 0 Å². The number of anilines is 1. The van der Waals surface area contributed by atoms with Crippen LogP contribution in [0.2, 0.25) is 5.02 Å². The molecule has 76 valence electrons. The van der Waals surface area contributed by atoms with E-state index in [1.54, 1.807) is 0 Å². The molecule has 0 fully saturated rings. The second-order valence-electron chi connectivity index (χ2n) is 2.54. The Kier molecular flexibility index (Phi) is 3.06. The molecule has 1 aromatic rings. The van der Waals surface area contributed by atoms with Gasteiger partial charge < -0.3 is 5.32 Å². The van der Waals surface area contributed by atoms with Crippen LogP contribution in [0.1, 0.15) is 5.56 Å². The van der Waals surface area contributed by atoms with Gasteiger partial charge in [-0.05, 0) is 24.4 Å². The summed E-state index contributed by atoms with van der Waals surface area (Å²) in [6.45, 7) is 3.38. The van der Waals surface area contributed by atoms with Gasteiger partial charge in [0, 0.05) is 0 Å². The molecule has 5 heteroatoms. The minimum Gasteiger partial charge on any atom is -0.361 e. The molecule has 0 atom stereocenters. The van der Waals surface area contributed by atoms with Crippen LogP contribution >= 0.6 is 11.6 Å². The van der Waals surface area contributed by atoms with E-state index in [1.807, 2.05) is 0 Å². The first-order chi connectivity index (χ1) is 6.45. The van der Waals surface area contributed by atoms with Crippen molar-refractivity contribution in [1.82, 2.24) is 0 Å². The summed E-state index contributed by atoms with van der Waals surface area (Å²) in [6.07, 6.45) is -3.02. The minimum absolute atomic E-state index is 0.0136. The van der Waals surface area contributed by atoms with E-state index >= 15 is 0 Å². The van der Waals surface area contributed by atoms with Crippen molar-refractivity contribution in [3.63, 3.8) is 0 Å². The molecule has 0 saturated carbocycles. The number of halogens is 4. The Hall–Kier alpha value is -1.16. The maximum Gasteiger partial charge on any atom is 0.416 e. The molecular formula is C9H7ClF3N. The third-order valence-corrected chi connectivity index (χ3v) is 1.87. The lowest BCUT2D eigenvalue weighted by molar-refractivity contribution is -0.137. The molecule has 1 N–H and O–H groups in total. The highest BCUT2D eigenvalue weighted by Gasteiger charge is 2.30. The van der Waals surface area contributed by atoms with Crippen molar-refractivity contribution in [3.05, 3.63) is 41.6 Å². The zero-order valence-corrected chi connectivity index (χ0v) is 7.78.